The predicted molar refractivity (Wildman–Crippen MR) is 74.7 cm³/mol. The van der Waals surface area contributed by atoms with Gasteiger partial charge < -0.3 is 10.4 Å². The van der Waals surface area contributed by atoms with Crippen molar-refractivity contribution in [3.8, 4) is 0 Å². The maximum Gasteiger partial charge on any atom is 0.339 e. The normalized spacial score (nSPS) is 11.3. The lowest BCUT2D eigenvalue weighted by atomic mass is 10.1. The number of carbonyl (C=O) groups is 1. The minimum atomic E-state index is -0.995. The largest absolute Gasteiger partial charge is 0.478 e. The predicted octanol–water partition coefficient (Wildman–Crippen LogP) is 2.89. The van der Waals surface area contributed by atoms with Crippen molar-refractivity contribution in [2.24, 2.45) is 0 Å². The van der Waals surface area contributed by atoms with E-state index in [0.29, 0.717) is 5.82 Å². The van der Waals surface area contributed by atoms with Gasteiger partial charge in [0.15, 0.2) is 0 Å². The van der Waals surface area contributed by atoms with E-state index in [1.807, 2.05) is 26.2 Å². The van der Waals surface area contributed by atoms with Crippen LogP contribution in [0.4, 0.5) is 5.82 Å². The van der Waals surface area contributed by atoms with E-state index in [9.17, 15) is 9.90 Å². The Kier molecular flexibility index (Phi) is 3.53. The van der Waals surface area contributed by atoms with Gasteiger partial charge in [-0.1, -0.05) is 0 Å². The second-order valence-electron chi connectivity index (χ2n) is 4.74. The minimum absolute atomic E-state index is 0.162. The topological polar surface area (TPSA) is 75.1 Å². The van der Waals surface area contributed by atoms with Crippen LogP contribution in [0, 0.1) is 6.92 Å². The molecule has 6 heteroatoms. The Morgan fingerprint density at radius 3 is 2.74 bits per heavy atom. The molecule has 0 fully saturated rings. The first-order valence-electron chi connectivity index (χ1n) is 5.79. The van der Waals surface area contributed by atoms with Crippen LogP contribution in [0.3, 0.4) is 0 Å². The first-order chi connectivity index (χ1) is 8.90. The lowest BCUT2D eigenvalue weighted by Crippen LogP contribution is -2.29. The highest BCUT2D eigenvalue weighted by Gasteiger charge is 2.25. The summed E-state index contributed by atoms with van der Waals surface area (Å²) in [6.45, 7) is 5.72. The van der Waals surface area contributed by atoms with E-state index in [-0.39, 0.29) is 5.56 Å². The standard InChI is InChI=1S/C13H15N3O2S/c1-8-4-5-9(11(17)18)10(15-8)16-13(2,3)12-14-6-7-19-12/h4-7H,1-3H3,(H,15,16)(H,17,18). The number of aromatic nitrogens is 2. The Hall–Kier alpha value is -1.95. The highest BCUT2D eigenvalue weighted by Crippen LogP contribution is 2.28. The monoisotopic (exact) mass is 277 g/mol. The fourth-order valence-electron chi connectivity index (χ4n) is 1.71. The highest BCUT2D eigenvalue weighted by molar-refractivity contribution is 7.09. The average Bonchev–Trinajstić information content (AvgIpc) is 2.81. The molecule has 0 spiro atoms. The van der Waals surface area contributed by atoms with Crippen LogP contribution in [-0.2, 0) is 5.54 Å². The molecule has 2 rings (SSSR count). The summed E-state index contributed by atoms with van der Waals surface area (Å²) < 4.78 is 0. The Balaban J connectivity index is 2.38. The number of aryl methyl sites for hydroxylation is 1. The Bertz CT molecular complexity index is 594. The van der Waals surface area contributed by atoms with Gasteiger partial charge in [-0.2, -0.15) is 0 Å². The van der Waals surface area contributed by atoms with Gasteiger partial charge in [0.05, 0.1) is 5.54 Å². The zero-order chi connectivity index (χ0) is 14.0. The summed E-state index contributed by atoms with van der Waals surface area (Å²) in [7, 11) is 0. The second kappa shape index (κ2) is 4.97. The molecular weight excluding hydrogens is 262 g/mol. The van der Waals surface area contributed by atoms with E-state index >= 15 is 0 Å². The van der Waals surface area contributed by atoms with E-state index in [1.54, 1.807) is 18.3 Å². The van der Waals surface area contributed by atoms with E-state index in [2.05, 4.69) is 15.3 Å². The van der Waals surface area contributed by atoms with Crippen LogP contribution < -0.4 is 5.32 Å². The van der Waals surface area contributed by atoms with Gasteiger partial charge in [-0.25, -0.2) is 14.8 Å². The van der Waals surface area contributed by atoms with Crippen molar-refractivity contribution in [1.82, 2.24) is 9.97 Å². The zero-order valence-electron chi connectivity index (χ0n) is 11.0. The van der Waals surface area contributed by atoms with E-state index in [4.69, 9.17) is 0 Å². The fraction of sp³-hybridized carbons (Fsp3) is 0.308. The Morgan fingerprint density at radius 1 is 1.42 bits per heavy atom. The fourth-order valence-corrected chi connectivity index (χ4v) is 2.42. The number of hydrogen-bond acceptors (Lipinski definition) is 5. The molecule has 0 aromatic carbocycles. The molecule has 0 unspecified atom stereocenters. The molecular formula is C13H15N3O2S. The van der Waals surface area contributed by atoms with Gasteiger partial charge in [0.25, 0.3) is 0 Å². The molecule has 5 nitrogen and oxygen atoms in total. The Morgan fingerprint density at radius 2 is 2.16 bits per heavy atom. The molecule has 0 atom stereocenters. The van der Waals surface area contributed by atoms with Gasteiger partial charge >= 0.3 is 5.97 Å². The number of anilines is 1. The lowest BCUT2D eigenvalue weighted by Gasteiger charge is -2.25. The molecule has 2 aromatic rings. The van der Waals surface area contributed by atoms with Crippen LogP contribution in [0.25, 0.3) is 0 Å². The Labute approximate surface area is 115 Å². The summed E-state index contributed by atoms with van der Waals surface area (Å²) in [6, 6.07) is 3.25. The summed E-state index contributed by atoms with van der Waals surface area (Å²) in [4.78, 5) is 19.7. The van der Waals surface area contributed by atoms with E-state index in [0.717, 1.165) is 10.7 Å². The van der Waals surface area contributed by atoms with Gasteiger partial charge in [-0.3, -0.25) is 0 Å². The third-order valence-corrected chi connectivity index (χ3v) is 3.76. The second-order valence-corrected chi connectivity index (χ2v) is 5.64. The number of nitrogens with one attached hydrogen (secondary N) is 1. The van der Waals surface area contributed by atoms with E-state index in [1.165, 1.54) is 11.3 Å². The summed E-state index contributed by atoms with van der Waals surface area (Å²) >= 11 is 1.52. The summed E-state index contributed by atoms with van der Waals surface area (Å²) in [5.41, 5.74) is 0.455. The number of carboxylic acids is 1. The number of rotatable bonds is 4. The first kappa shape index (κ1) is 13.5. The summed E-state index contributed by atoms with van der Waals surface area (Å²) in [5.74, 6) is -0.627. The summed E-state index contributed by atoms with van der Waals surface area (Å²) in [5, 5.41) is 15.1. The van der Waals surface area contributed by atoms with Crippen molar-refractivity contribution in [3.63, 3.8) is 0 Å². The van der Waals surface area contributed by atoms with Gasteiger partial charge in [0.2, 0.25) is 0 Å². The highest BCUT2D eigenvalue weighted by atomic mass is 32.1. The quantitative estimate of drug-likeness (QED) is 0.898. The maximum atomic E-state index is 11.2. The molecule has 0 bridgehead atoms. The lowest BCUT2D eigenvalue weighted by molar-refractivity contribution is 0.0697. The molecule has 2 aromatic heterocycles. The van der Waals surface area contributed by atoms with Crippen LogP contribution in [0.1, 0.15) is 34.9 Å². The molecule has 19 heavy (non-hydrogen) atoms. The van der Waals surface area contributed by atoms with Gasteiger partial charge in [0.1, 0.15) is 16.4 Å². The molecule has 0 aliphatic carbocycles. The van der Waals surface area contributed by atoms with Crippen LogP contribution in [-0.4, -0.2) is 21.0 Å². The molecule has 100 valence electrons. The van der Waals surface area contributed by atoms with Crippen molar-refractivity contribution in [2.45, 2.75) is 26.3 Å². The minimum Gasteiger partial charge on any atom is -0.478 e. The number of thiazole rings is 1. The van der Waals surface area contributed by atoms with Gasteiger partial charge in [-0.05, 0) is 32.9 Å². The third-order valence-electron chi connectivity index (χ3n) is 2.66. The molecule has 0 amide bonds. The van der Waals surface area contributed by atoms with Crippen LogP contribution in [0.15, 0.2) is 23.7 Å². The molecule has 0 radical (unpaired) electrons. The molecule has 0 saturated heterocycles. The van der Waals surface area contributed by atoms with Crippen molar-refractivity contribution in [1.29, 1.82) is 0 Å². The van der Waals surface area contributed by atoms with Crippen LogP contribution in [0.2, 0.25) is 0 Å². The maximum absolute atomic E-state index is 11.2. The number of carboxylic acid groups (broad SMARTS) is 1. The summed E-state index contributed by atoms with van der Waals surface area (Å²) in [6.07, 6.45) is 1.73. The van der Waals surface area contributed by atoms with Crippen molar-refractivity contribution < 1.29 is 9.90 Å². The van der Waals surface area contributed by atoms with Gasteiger partial charge in [0, 0.05) is 17.3 Å². The molecule has 0 aliphatic heterocycles. The van der Waals surface area contributed by atoms with Gasteiger partial charge in [-0.15, -0.1) is 11.3 Å². The molecule has 0 aliphatic rings. The molecule has 2 heterocycles. The zero-order valence-corrected chi connectivity index (χ0v) is 11.8. The SMILES string of the molecule is Cc1ccc(C(=O)O)c(NC(C)(C)c2nccs2)n1. The average molecular weight is 277 g/mol. The first-order valence-corrected chi connectivity index (χ1v) is 6.67. The van der Waals surface area contributed by atoms with E-state index < -0.39 is 11.5 Å². The third kappa shape index (κ3) is 2.90. The smallest absolute Gasteiger partial charge is 0.339 e. The number of aromatic carboxylic acids is 1. The number of hydrogen-bond donors (Lipinski definition) is 2. The molecule has 2 N–H and O–H groups in total. The molecule has 0 saturated carbocycles. The van der Waals surface area contributed by atoms with Crippen molar-refractivity contribution in [3.05, 3.63) is 40.0 Å². The number of pyridine rings is 1. The van der Waals surface area contributed by atoms with Crippen molar-refractivity contribution >= 4 is 23.1 Å². The van der Waals surface area contributed by atoms with Crippen LogP contribution >= 0.6 is 11.3 Å². The number of nitrogens with zero attached hydrogens (tertiary/aromatic N) is 2. The van der Waals surface area contributed by atoms with Crippen LogP contribution in [0.5, 0.6) is 0 Å². The van der Waals surface area contributed by atoms with Crippen molar-refractivity contribution in [2.75, 3.05) is 5.32 Å².